The van der Waals surface area contributed by atoms with Crippen LogP contribution in [-0.2, 0) is 11.3 Å². The molecule has 1 fully saturated rings. The van der Waals surface area contributed by atoms with E-state index in [9.17, 15) is 9.18 Å². The van der Waals surface area contributed by atoms with Crippen molar-refractivity contribution < 1.29 is 13.7 Å². The van der Waals surface area contributed by atoms with E-state index in [4.69, 9.17) is 16.1 Å². The third-order valence-corrected chi connectivity index (χ3v) is 5.27. The largest absolute Gasteiger partial charge is 0.338 e. The number of carbonyl (C=O) groups excluding carboxylic acids is 1. The van der Waals surface area contributed by atoms with Gasteiger partial charge in [0.05, 0.1) is 23.2 Å². The predicted molar refractivity (Wildman–Crippen MR) is 108 cm³/mol. The number of piperidine rings is 1. The zero-order valence-electron chi connectivity index (χ0n) is 15.6. The molecule has 150 valence electrons. The Morgan fingerprint density at radius 3 is 2.83 bits per heavy atom. The number of carbonyl (C=O) groups is 1. The number of nitrogens with zero attached hydrogens (tertiary/aromatic N) is 3. The minimum absolute atomic E-state index is 0.0414. The zero-order chi connectivity index (χ0) is 20.2. The van der Waals surface area contributed by atoms with Gasteiger partial charge in [-0.1, -0.05) is 28.9 Å². The van der Waals surface area contributed by atoms with Gasteiger partial charge >= 0.3 is 0 Å². The summed E-state index contributed by atoms with van der Waals surface area (Å²) in [5.74, 6) is 0.397. The van der Waals surface area contributed by atoms with Crippen LogP contribution in [0, 0.1) is 11.7 Å². The number of aromatic nitrogens is 2. The molecule has 3 aromatic rings. The number of para-hydroxylation sites is 1. The van der Waals surface area contributed by atoms with Crippen LogP contribution in [0.5, 0.6) is 0 Å². The third kappa shape index (κ3) is 4.81. The van der Waals surface area contributed by atoms with Crippen LogP contribution in [0.15, 0.2) is 53.1 Å². The summed E-state index contributed by atoms with van der Waals surface area (Å²) >= 11 is 6.13. The molecule has 4 rings (SSSR count). The second-order valence-corrected chi connectivity index (χ2v) is 7.47. The molecule has 1 N–H and O–H groups in total. The summed E-state index contributed by atoms with van der Waals surface area (Å²) in [5.41, 5.74) is 1.31. The van der Waals surface area contributed by atoms with E-state index in [2.05, 4.69) is 20.4 Å². The van der Waals surface area contributed by atoms with E-state index in [1.807, 2.05) is 12.1 Å². The first kappa shape index (κ1) is 19.5. The Balaban J connectivity index is 1.37. The van der Waals surface area contributed by atoms with Crippen LogP contribution in [0.1, 0.15) is 18.7 Å². The van der Waals surface area contributed by atoms with E-state index >= 15 is 0 Å². The summed E-state index contributed by atoms with van der Waals surface area (Å²) < 4.78 is 18.4. The van der Waals surface area contributed by atoms with Gasteiger partial charge in [0.15, 0.2) is 0 Å². The Morgan fingerprint density at radius 2 is 2.03 bits per heavy atom. The van der Waals surface area contributed by atoms with Crippen molar-refractivity contribution in [2.75, 3.05) is 18.4 Å². The number of nitrogens with one attached hydrogen (secondary N) is 1. The van der Waals surface area contributed by atoms with Gasteiger partial charge in [-0.15, -0.1) is 0 Å². The molecule has 1 amide bonds. The van der Waals surface area contributed by atoms with E-state index in [0.29, 0.717) is 41.1 Å². The first-order valence-corrected chi connectivity index (χ1v) is 9.82. The molecule has 1 atom stereocenters. The van der Waals surface area contributed by atoms with E-state index in [0.717, 1.165) is 19.4 Å². The van der Waals surface area contributed by atoms with Crippen molar-refractivity contribution in [2.45, 2.75) is 19.4 Å². The van der Waals surface area contributed by atoms with Crippen molar-refractivity contribution in [2.24, 2.45) is 5.92 Å². The van der Waals surface area contributed by atoms with Crippen LogP contribution in [0.2, 0.25) is 5.02 Å². The number of hydrogen-bond donors (Lipinski definition) is 1. The molecule has 2 heterocycles. The van der Waals surface area contributed by atoms with Crippen molar-refractivity contribution in [1.82, 2.24) is 15.0 Å². The van der Waals surface area contributed by atoms with Crippen LogP contribution in [-0.4, -0.2) is 34.0 Å². The van der Waals surface area contributed by atoms with Crippen molar-refractivity contribution in [3.05, 3.63) is 65.3 Å². The topological polar surface area (TPSA) is 71.3 Å². The number of halogens is 2. The summed E-state index contributed by atoms with van der Waals surface area (Å²) in [5, 5.41) is 7.41. The SMILES string of the molecule is O=C(Nc1ccccc1Cl)C1CCCN(Cc2nc(-c3ccc(F)cc3)no2)C1. The average molecular weight is 415 g/mol. The van der Waals surface area contributed by atoms with Gasteiger partial charge in [0.25, 0.3) is 0 Å². The van der Waals surface area contributed by atoms with Crippen molar-refractivity contribution in [1.29, 1.82) is 0 Å². The van der Waals surface area contributed by atoms with Gasteiger partial charge in [-0.2, -0.15) is 4.98 Å². The van der Waals surface area contributed by atoms with Gasteiger partial charge in [0.1, 0.15) is 5.82 Å². The first-order valence-electron chi connectivity index (χ1n) is 9.45. The molecule has 1 saturated heterocycles. The average Bonchev–Trinajstić information content (AvgIpc) is 3.19. The maximum Gasteiger partial charge on any atom is 0.241 e. The van der Waals surface area contributed by atoms with Gasteiger partial charge in [0, 0.05) is 12.1 Å². The molecule has 0 bridgehead atoms. The maximum atomic E-state index is 13.1. The summed E-state index contributed by atoms with van der Waals surface area (Å²) in [6.07, 6.45) is 1.72. The van der Waals surface area contributed by atoms with Crippen LogP contribution < -0.4 is 5.32 Å². The molecule has 1 aliphatic heterocycles. The normalized spacial score (nSPS) is 17.2. The highest BCUT2D eigenvalue weighted by Crippen LogP contribution is 2.24. The van der Waals surface area contributed by atoms with E-state index in [-0.39, 0.29) is 17.6 Å². The number of likely N-dealkylation sites (tertiary alicyclic amines) is 1. The maximum absolute atomic E-state index is 13.1. The van der Waals surface area contributed by atoms with Gasteiger partial charge < -0.3 is 9.84 Å². The smallest absolute Gasteiger partial charge is 0.241 e. The lowest BCUT2D eigenvalue weighted by molar-refractivity contribution is -0.121. The Hall–Kier alpha value is -2.77. The summed E-state index contributed by atoms with van der Waals surface area (Å²) in [6.45, 7) is 1.92. The monoisotopic (exact) mass is 414 g/mol. The standard InChI is InChI=1S/C21H20ClFN4O2/c22-17-5-1-2-6-18(17)24-21(28)15-4-3-11-27(12-15)13-19-25-20(26-29-19)14-7-9-16(23)10-8-14/h1-2,5-10,15H,3-4,11-13H2,(H,24,28). The Bertz CT molecular complexity index is 992. The molecule has 6 nitrogen and oxygen atoms in total. The fourth-order valence-electron chi connectivity index (χ4n) is 3.44. The molecule has 2 aromatic carbocycles. The van der Waals surface area contributed by atoms with Crippen LogP contribution in [0.25, 0.3) is 11.4 Å². The van der Waals surface area contributed by atoms with Crippen molar-refractivity contribution in [3.8, 4) is 11.4 Å². The number of benzene rings is 2. The van der Waals surface area contributed by atoms with E-state index < -0.39 is 0 Å². The fraction of sp³-hybridized carbons (Fsp3) is 0.286. The number of amides is 1. The van der Waals surface area contributed by atoms with Crippen LogP contribution in [0.4, 0.5) is 10.1 Å². The lowest BCUT2D eigenvalue weighted by Crippen LogP contribution is -2.40. The Labute approximate surface area is 172 Å². The highest BCUT2D eigenvalue weighted by atomic mass is 35.5. The van der Waals surface area contributed by atoms with Gasteiger partial charge in [-0.05, 0) is 55.8 Å². The predicted octanol–water partition coefficient (Wildman–Crippen LogP) is 4.38. The number of rotatable bonds is 5. The first-order chi connectivity index (χ1) is 14.1. The van der Waals surface area contributed by atoms with Crippen LogP contribution >= 0.6 is 11.6 Å². The highest BCUT2D eigenvalue weighted by molar-refractivity contribution is 6.33. The molecule has 0 aliphatic carbocycles. The minimum Gasteiger partial charge on any atom is -0.338 e. The quantitative estimate of drug-likeness (QED) is 0.670. The van der Waals surface area contributed by atoms with Gasteiger partial charge in [-0.3, -0.25) is 9.69 Å². The summed E-state index contributed by atoms with van der Waals surface area (Å²) in [4.78, 5) is 19.2. The second kappa shape index (κ2) is 8.71. The number of anilines is 1. The molecule has 0 spiro atoms. The molecule has 0 radical (unpaired) electrons. The van der Waals surface area contributed by atoms with E-state index in [1.54, 1.807) is 24.3 Å². The summed E-state index contributed by atoms with van der Waals surface area (Å²) in [7, 11) is 0. The molecule has 1 aliphatic rings. The van der Waals surface area contributed by atoms with Gasteiger partial charge in [-0.25, -0.2) is 4.39 Å². The molecule has 1 aromatic heterocycles. The molecule has 0 saturated carbocycles. The van der Waals surface area contributed by atoms with Gasteiger partial charge in [0.2, 0.25) is 17.6 Å². The summed E-state index contributed by atoms with van der Waals surface area (Å²) in [6, 6.07) is 13.1. The molecular formula is C21H20ClFN4O2. The number of hydrogen-bond acceptors (Lipinski definition) is 5. The lowest BCUT2D eigenvalue weighted by Gasteiger charge is -2.30. The Morgan fingerprint density at radius 1 is 1.24 bits per heavy atom. The lowest BCUT2D eigenvalue weighted by atomic mass is 9.97. The highest BCUT2D eigenvalue weighted by Gasteiger charge is 2.27. The van der Waals surface area contributed by atoms with Crippen molar-refractivity contribution in [3.63, 3.8) is 0 Å². The van der Waals surface area contributed by atoms with E-state index in [1.165, 1.54) is 12.1 Å². The molecule has 8 heteroatoms. The minimum atomic E-state index is -0.313. The Kier molecular flexibility index (Phi) is 5.87. The fourth-order valence-corrected chi connectivity index (χ4v) is 3.62. The molecular weight excluding hydrogens is 395 g/mol. The molecule has 29 heavy (non-hydrogen) atoms. The van der Waals surface area contributed by atoms with Crippen LogP contribution in [0.3, 0.4) is 0 Å². The van der Waals surface area contributed by atoms with Crippen molar-refractivity contribution >= 4 is 23.2 Å². The molecule has 1 unspecified atom stereocenters. The second-order valence-electron chi connectivity index (χ2n) is 7.06. The third-order valence-electron chi connectivity index (χ3n) is 4.94. The zero-order valence-corrected chi connectivity index (χ0v) is 16.4.